The zero-order chi connectivity index (χ0) is 36.2. The predicted octanol–water partition coefficient (Wildman–Crippen LogP) is 12.5. The van der Waals surface area contributed by atoms with Crippen molar-refractivity contribution in [3.8, 4) is 11.1 Å². The number of hydrogen-bond acceptors (Lipinski definition) is 2. The van der Waals surface area contributed by atoms with Crippen molar-refractivity contribution in [2.45, 2.75) is 11.5 Å². The van der Waals surface area contributed by atoms with Crippen LogP contribution in [0.4, 0.5) is 22.7 Å². The highest BCUT2D eigenvalue weighted by atomic mass is 79.9. The molecule has 2 heterocycles. The molecular weight excluding hydrogens is 724 g/mol. The van der Waals surface area contributed by atoms with Gasteiger partial charge < -0.3 is 9.80 Å². The fraction of sp³-hybridized carbons (Fsp3) is 0.0600. The summed E-state index contributed by atoms with van der Waals surface area (Å²) in [6.45, 7) is 0. The largest absolute Gasteiger partial charge is 0.310 e. The van der Waals surface area contributed by atoms with E-state index in [1.165, 1.54) is 11.1 Å². The van der Waals surface area contributed by atoms with Crippen molar-refractivity contribution in [2.24, 2.45) is 5.92 Å². The van der Waals surface area contributed by atoms with Crippen LogP contribution in [0.1, 0.15) is 32.6 Å². The Morgan fingerprint density at radius 3 is 1.78 bits per heavy atom. The van der Waals surface area contributed by atoms with E-state index in [0.29, 0.717) is 5.56 Å². The van der Waals surface area contributed by atoms with Gasteiger partial charge in [-0.25, -0.2) is 0 Å². The van der Waals surface area contributed by atoms with Gasteiger partial charge in [0.1, 0.15) is 0 Å². The van der Waals surface area contributed by atoms with Gasteiger partial charge >= 0.3 is 0 Å². The molecule has 2 aliphatic heterocycles. The molecule has 1 amide bonds. The van der Waals surface area contributed by atoms with Crippen LogP contribution in [0.25, 0.3) is 16.7 Å². The monoisotopic (exact) mass is 758 g/mol. The van der Waals surface area contributed by atoms with Gasteiger partial charge in [0.2, 0.25) is 0 Å². The summed E-state index contributed by atoms with van der Waals surface area (Å²) in [6.07, 6.45) is 6.93. The molecule has 2 unspecified atom stereocenters. The zero-order valence-electron chi connectivity index (χ0n) is 29.4. The minimum absolute atomic E-state index is 0.0365. The standard InChI is InChI=1S/C50H35BrN2O/c51-44-25-13-10-22-39(44)49(54)53-47-30-28-36(34-16-4-1-5-17-34)32-42(47)50(43-33-37(29-31-48(43)53)35-18-6-2-7-19-35)40-23-11-14-26-45(40)52(38-20-8-3-9-21-38)46-27-15-12-24-41(46)50/h1-33,42,47H. The van der Waals surface area contributed by atoms with E-state index in [-0.39, 0.29) is 17.9 Å². The van der Waals surface area contributed by atoms with Crippen molar-refractivity contribution in [2.75, 3.05) is 9.80 Å². The Balaban J connectivity index is 1.34. The van der Waals surface area contributed by atoms with Crippen LogP contribution >= 0.6 is 15.9 Å². The van der Waals surface area contributed by atoms with Gasteiger partial charge in [0, 0.05) is 21.8 Å². The number of rotatable bonds is 4. The second kappa shape index (κ2) is 13.0. The van der Waals surface area contributed by atoms with Crippen molar-refractivity contribution in [1.29, 1.82) is 0 Å². The Hall–Kier alpha value is -6.23. The molecular formula is C50H35BrN2O. The first-order chi connectivity index (χ1) is 26.6. The fourth-order valence-electron chi connectivity index (χ4n) is 9.13. The number of fused-ring (bicyclic) bond motifs is 8. The van der Waals surface area contributed by atoms with E-state index in [9.17, 15) is 0 Å². The van der Waals surface area contributed by atoms with Gasteiger partial charge in [-0.3, -0.25) is 4.79 Å². The quantitative estimate of drug-likeness (QED) is 0.178. The second-order valence-corrected chi connectivity index (χ2v) is 15.0. The number of allylic oxidation sites excluding steroid dienone is 2. The Bertz CT molecular complexity index is 2570. The van der Waals surface area contributed by atoms with E-state index in [4.69, 9.17) is 0 Å². The molecule has 258 valence electrons. The molecule has 0 bridgehead atoms. The molecule has 3 aliphatic rings. The zero-order valence-corrected chi connectivity index (χ0v) is 31.0. The lowest BCUT2D eigenvalue weighted by atomic mass is 9.54. The summed E-state index contributed by atoms with van der Waals surface area (Å²) in [4.78, 5) is 19.6. The van der Waals surface area contributed by atoms with Crippen LogP contribution < -0.4 is 9.80 Å². The van der Waals surface area contributed by atoms with Crippen molar-refractivity contribution in [3.05, 3.63) is 233 Å². The van der Waals surface area contributed by atoms with Gasteiger partial charge in [0.05, 0.1) is 28.4 Å². The highest BCUT2D eigenvalue weighted by molar-refractivity contribution is 9.10. The fourth-order valence-corrected chi connectivity index (χ4v) is 9.58. The highest BCUT2D eigenvalue weighted by Gasteiger charge is 2.58. The van der Waals surface area contributed by atoms with Crippen LogP contribution in [0.15, 0.2) is 205 Å². The van der Waals surface area contributed by atoms with Crippen molar-refractivity contribution < 1.29 is 4.79 Å². The van der Waals surface area contributed by atoms with E-state index in [0.717, 1.165) is 55.0 Å². The summed E-state index contributed by atoms with van der Waals surface area (Å²) in [7, 11) is 0. The Morgan fingerprint density at radius 2 is 1.11 bits per heavy atom. The number of benzene rings is 7. The lowest BCUT2D eigenvalue weighted by Gasteiger charge is -2.57. The van der Waals surface area contributed by atoms with Gasteiger partial charge in [0.25, 0.3) is 5.91 Å². The molecule has 0 saturated carbocycles. The molecule has 54 heavy (non-hydrogen) atoms. The summed E-state index contributed by atoms with van der Waals surface area (Å²) in [5, 5.41) is 0. The number of para-hydroxylation sites is 3. The van der Waals surface area contributed by atoms with E-state index in [1.54, 1.807) is 0 Å². The maximum absolute atomic E-state index is 15.2. The molecule has 7 aromatic rings. The van der Waals surface area contributed by atoms with Crippen LogP contribution in [0, 0.1) is 5.92 Å². The normalized spacial score (nSPS) is 17.5. The minimum Gasteiger partial charge on any atom is -0.310 e. The van der Waals surface area contributed by atoms with E-state index in [1.807, 2.05) is 24.3 Å². The van der Waals surface area contributed by atoms with E-state index in [2.05, 4.69) is 202 Å². The van der Waals surface area contributed by atoms with Crippen molar-refractivity contribution >= 4 is 50.2 Å². The minimum atomic E-state index is -0.682. The number of amides is 1. The third-order valence-electron chi connectivity index (χ3n) is 11.4. The first-order valence-electron chi connectivity index (χ1n) is 18.4. The lowest BCUT2D eigenvalue weighted by Crippen LogP contribution is -2.58. The van der Waals surface area contributed by atoms with Gasteiger partial charge in [-0.1, -0.05) is 152 Å². The van der Waals surface area contributed by atoms with Crippen LogP contribution in [-0.4, -0.2) is 11.9 Å². The third-order valence-corrected chi connectivity index (χ3v) is 12.1. The molecule has 1 aliphatic carbocycles. The number of hydrogen-bond donors (Lipinski definition) is 0. The Morgan fingerprint density at radius 1 is 0.537 bits per heavy atom. The van der Waals surface area contributed by atoms with E-state index >= 15 is 4.79 Å². The van der Waals surface area contributed by atoms with E-state index < -0.39 is 5.41 Å². The molecule has 1 spiro atoms. The average Bonchev–Trinajstić information content (AvgIpc) is 3.24. The van der Waals surface area contributed by atoms with Gasteiger partial charge in [-0.15, -0.1) is 0 Å². The lowest BCUT2D eigenvalue weighted by molar-refractivity contribution is 0.0968. The van der Waals surface area contributed by atoms with Crippen LogP contribution in [0.2, 0.25) is 0 Å². The first-order valence-corrected chi connectivity index (χ1v) is 19.2. The molecule has 3 nitrogen and oxygen atoms in total. The van der Waals surface area contributed by atoms with Gasteiger partial charge in [0.15, 0.2) is 0 Å². The summed E-state index contributed by atoms with van der Waals surface area (Å²) in [5.41, 5.74) is 12.3. The number of carbonyl (C=O) groups excluding carboxylic acids is 1. The first kappa shape index (κ1) is 32.4. The van der Waals surface area contributed by atoms with Crippen LogP contribution in [0.5, 0.6) is 0 Å². The summed E-state index contributed by atoms with van der Waals surface area (Å²) in [5.74, 6) is -0.214. The average molecular weight is 760 g/mol. The maximum atomic E-state index is 15.2. The third kappa shape index (κ3) is 4.90. The molecule has 2 atom stereocenters. The van der Waals surface area contributed by atoms with Crippen molar-refractivity contribution in [1.82, 2.24) is 0 Å². The number of halogens is 1. The molecule has 4 heteroatoms. The topological polar surface area (TPSA) is 23.6 Å². The second-order valence-electron chi connectivity index (χ2n) is 14.1. The predicted molar refractivity (Wildman–Crippen MR) is 225 cm³/mol. The molecule has 0 N–H and O–H groups in total. The highest BCUT2D eigenvalue weighted by Crippen LogP contribution is 2.64. The van der Waals surface area contributed by atoms with Gasteiger partial charge in [-0.2, -0.15) is 0 Å². The molecule has 0 saturated heterocycles. The van der Waals surface area contributed by atoms with Crippen LogP contribution in [-0.2, 0) is 5.41 Å². The number of carbonyl (C=O) groups is 1. The van der Waals surface area contributed by atoms with Crippen LogP contribution in [0.3, 0.4) is 0 Å². The van der Waals surface area contributed by atoms with Gasteiger partial charge in [-0.05, 0) is 103 Å². The smallest absolute Gasteiger partial charge is 0.260 e. The maximum Gasteiger partial charge on any atom is 0.260 e. The Kier molecular flexibility index (Phi) is 7.81. The van der Waals surface area contributed by atoms with Crippen molar-refractivity contribution in [3.63, 3.8) is 0 Å². The number of anilines is 4. The molecule has 0 fully saturated rings. The molecule has 7 aromatic carbocycles. The molecule has 10 rings (SSSR count). The summed E-state index contributed by atoms with van der Waals surface area (Å²) < 4.78 is 0.779. The SMILES string of the molecule is O=C(c1ccccc1Br)N1c2ccc(-c3ccccc3)cc2C2(c3ccccc3N(c3ccccc3)c3ccccc32)C2C=C(c3ccccc3)C=CC21. The summed E-state index contributed by atoms with van der Waals surface area (Å²) >= 11 is 3.73. The molecule has 0 aromatic heterocycles. The summed E-state index contributed by atoms with van der Waals surface area (Å²) in [6, 6.07) is 63.8. The Labute approximate surface area is 324 Å². The number of nitrogens with zero attached hydrogens (tertiary/aromatic N) is 2. The molecule has 0 radical (unpaired) electrons.